The maximum Gasteiger partial charge on any atom is 0.247 e. The topological polar surface area (TPSA) is 49.4 Å². The van der Waals surface area contributed by atoms with Crippen molar-refractivity contribution >= 4 is 11.8 Å². The van der Waals surface area contributed by atoms with Gasteiger partial charge in [-0.3, -0.25) is 9.59 Å². The molecule has 1 N–H and O–H groups in total. The SMILES string of the molecule is CC1(C)NC(=O)CCN(CCC2=CCCCC2)C1=O. The zero-order valence-electron chi connectivity index (χ0n) is 12.0. The van der Waals surface area contributed by atoms with Gasteiger partial charge in [0.25, 0.3) is 0 Å². The minimum absolute atomic E-state index is 0.0299. The molecule has 0 unspecified atom stereocenters. The van der Waals surface area contributed by atoms with Crippen molar-refractivity contribution in [2.75, 3.05) is 13.1 Å². The highest BCUT2D eigenvalue weighted by molar-refractivity contribution is 5.92. The molecule has 1 saturated heterocycles. The Balaban J connectivity index is 1.96. The lowest BCUT2D eigenvalue weighted by atomic mass is 9.96. The van der Waals surface area contributed by atoms with E-state index >= 15 is 0 Å². The number of nitrogens with one attached hydrogen (secondary N) is 1. The Kier molecular flexibility index (Phi) is 4.27. The molecule has 106 valence electrons. The van der Waals surface area contributed by atoms with E-state index in [1.165, 1.54) is 31.3 Å². The van der Waals surface area contributed by atoms with E-state index in [-0.39, 0.29) is 11.8 Å². The van der Waals surface area contributed by atoms with E-state index in [2.05, 4.69) is 11.4 Å². The Labute approximate surface area is 115 Å². The second-order valence-corrected chi connectivity index (χ2v) is 6.07. The highest BCUT2D eigenvalue weighted by atomic mass is 16.2. The number of carbonyl (C=O) groups is 2. The van der Waals surface area contributed by atoms with Crippen LogP contribution in [0.5, 0.6) is 0 Å². The van der Waals surface area contributed by atoms with Crippen LogP contribution in [0.2, 0.25) is 0 Å². The number of hydrogen-bond acceptors (Lipinski definition) is 2. The van der Waals surface area contributed by atoms with Gasteiger partial charge in [0.1, 0.15) is 5.54 Å². The molecule has 1 aliphatic heterocycles. The van der Waals surface area contributed by atoms with E-state index in [1.54, 1.807) is 13.8 Å². The highest BCUT2D eigenvalue weighted by Gasteiger charge is 2.36. The molecule has 1 heterocycles. The van der Waals surface area contributed by atoms with Crippen LogP contribution in [0.3, 0.4) is 0 Å². The van der Waals surface area contributed by atoms with E-state index in [9.17, 15) is 9.59 Å². The molecule has 19 heavy (non-hydrogen) atoms. The third kappa shape index (κ3) is 3.58. The van der Waals surface area contributed by atoms with Gasteiger partial charge in [-0.25, -0.2) is 0 Å². The Bertz CT molecular complexity index is 399. The molecule has 4 nitrogen and oxygen atoms in total. The molecule has 2 rings (SSSR count). The molecule has 0 aromatic carbocycles. The Morgan fingerprint density at radius 2 is 2.05 bits per heavy atom. The summed E-state index contributed by atoms with van der Waals surface area (Å²) < 4.78 is 0. The van der Waals surface area contributed by atoms with Crippen LogP contribution in [0, 0.1) is 0 Å². The first-order valence-electron chi connectivity index (χ1n) is 7.27. The first kappa shape index (κ1) is 14.1. The summed E-state index contributed by atoms with van der Waals surface area (Å²) in [6.45, 7) is 4.85. The average molecular weight is 264 g/mol. The fraction of sp³-hybridized carbons (Fsp3) is 0.733. The zero-order chi connectivity index (χ0) is 13.9. The molecule has 1 aliphatic carbocycles. The number of allylic oxidation sites excluding steroid dienone is 1. The summed E-state index contributed by atoms with van der Waals surface area (Å²) >= 11 is 0. The summed E-state index contributed by atoms with van der Waals surface area (Å²) in [5.41, 5.74) is 0.703. The predicted octanol–water partition coefficient (Wildman–Crippen LogP) is 2.00. The molecule has 0 radical (unpaired) electrons. The quantitative estimate of drug-likeness (QED) is 0.793. The van der Waals surface area contributed by atoms with Crippen molar-refractivity contribution in [1.29, 1.82) is 0 Å². The average Bonchev–Trinajstić information content (AvgIpc) is 2.47. The van der Waals surface area contributed by atoms with Crippen molar-refractivity contribution < 1.29 is 9.59 Å². The van der Waals surface area contributed by atoms with Crippen LogP contribution >= 0.6 is 0 Å². The molecule has 2 amide bonds. The molecular weight excluding hydrogens is 240 g/mol. The second kappa shape index (κ2) is 5.76. The third-order valence-electron chi connectivity index (χ3n) is 3.97. The van der Waals surface area contributed by atoms with Crippen molar-refractivity contribution in [2.24, 2.45) is 0 Å². The van der Waals surface area contributed by atoms with E-state index in [0.717, 1.165) is 13.0 Å². The Morgan fingerprint density at radius 1 is 1.26 bits per heavy atom. The second-order valence-electron chi connectivity index (χ2n) is 6.07. The number of nitrogens with zero attached hydrogens (tertiary/aromatic N) is 1. The van der Waals surface area contributed by atoms with Crippen LogP contribution in [-0.2, 0) is 9.59 Å². The first-order chi connectivity index (χ1) is 8.99. The van der Waals surface area contributed by atoms with E-state index in [4.69, 9.17) is 0 Å². The van der Waals surface area contributed by atoms with Gasteiger partial charge in [0.2, 0.25) is 11.8 Å². The lowest BCUT2D eigenvalue weighted by molar-refractivity contribution is -0.137. The van der Waals surface area contributed by atoms with Crippen LogP contribution in [0.25, 0.3) is 0 Å². The minimum atomic E-state index is -0.769. The van der Waals surface area contributed by atoms with Crippen molar-refractivity contribution in [1.82, 2.24) is 10.2 Å². The van der Waals surface area contributed by atoms with Crippen molar-refractivity contribution in [2.45, 2.75) is 57.9 Å². The Hall–Kier alpha value is -1.32. The third-order valence-corrected chi connectivity index (χ3v) is 3.97. The maximum absolute atomic E-state index is 12.4. The van der Waals surface area contributed by atoms with Gasteiger partial charge in [-0.2, -0.15) is 0 Å². The van der Waals surface area contributed by atoms with Crippen LogP contribution in [0.15, 0.2) is 11.6 Å². The number of rotatable bonds is 3. The van der Waals surface area contributed by atoms with Crippen LogP contribution < -0.4 is 5.32 Å². The molecule has 2 aliphatic rings. The molecule has 0 aromatic rings. The van der Waals surface area contributed by atoms with Crippen LogP contribution in [-0.4, -0.2) is 35.3 Å². The van der Waals surface area contributed by atoms with Gasteiger partial charge in [-0.1, -0.05) is 11.6 Å². The molecule has 1 fully saturated rings. The van der Waals surface area contributed by atoms with Crippen LogP contribution in [0.4, 0.5) is 0 Å². The normalized spacial score (nSPS) is 23.7. The molecule has 0 atom stereocenters. The zero-order valence-corrected chi connectivity index (χ0v) is 12.0. The van der Waals surface area contributed by atoms with Gasteiger partial charge in [0.15, 0.2) is 0 Å². The molecule has 0 spiro atoms. The van der Waals surface area contributed by atoms with Crippen molar-refractivity contribution in [3.63, 3.8) is 0 Å². The van der Waals surface area contributed by atoms with Gasteiger partial charge in [0, 0.05) is 19.5 Å². The van der Waals surface area contributed by atoms with Crippen LogP contribution in [0.1, 0.15) is 52.4 Å². The van der Waals surface area contributed by atoms with E-state index < -0.39 is 5.54 Å². The molecule has 0 bridgehead atoms. The van der Waals surface area contributed by atoms with Gasteiger partial charge >= 0.3 is 0 Å². The summed E-state index contributed by atoms with van der Waals surface area (Å²) in [6.07, 6.45) is 8.59. The molecule has 0 saturated carbocycles. The maximum atomic E-state index is 12.4. The first-order valence-corrected chi connectivity index (χ1v) is 7.27. The highest BCUT2D eigenvalue weighted by Crippen LogP contribution is 2.21. The van der Waals surface area contributed by atoms with Crippen molar-refractivity contribution in [3.8, 4) is 0 Å². The van der Waals surface area contributed by atoms with Gasteiger partial charge in [-0.05, 0) is 46.0 Å². The lowest BCUT2D eigenvalue weighted by Crippen LogP contribution is -2.52. The predicted molar refractivity (Wildman–Crippen MR) is 74.6 cm³/mol. The smallest absolute Gasteiger partial charge is 0.247 e. The standard InChI is InChI=1S/C15H24N2O2/c1-15(2)14(19)17(11-9-13(18)16-15)10-8-12-6-4-3-5-7-12/h6H,3-5,7-11H2,1-2H3,(H,16,18). The van der Waals surface area contributed by atoms with Gasteiger partial charge in [-0.15, -0.1) is 0 Å². The number of hydrogen-bond donors (Lipinski definition) is 1. The van der Waals surface area contributed by atoms with Gasteiger partial charge < -0.3 is 10.2 Å². The van der Waals surface area contributed by atoms with Crippen molar-refractivity contribution in [3.05, 3.63) is 11.6 Å². The summed E-state index contributed by atoms with van der Waals surface area (Å²) in [5, 5.41) is 2.79. The number of amides is 2. The summed E-state index contributed by atoms with van der Waals surface area (Å²) in [7, 11) is 0. The summed E-state index contributed by atoms with van der Waals surface area (Å²) in [5.74, 6) is 0.00694. The Morgan fingerprint density at radius 3 is 2.74 bits per heavy atom. The monoisotopic (exact) mass is 264 g/mol. The number of carbonyl (C=O) groups excluding carboxylic acids is 2. The molecular formula is C15H24N2O2. The summed E-state index contributed by atoms with van der Waals surface area (Å²) in [6, 6.07) is 0. The molecule has 4 heteroatoms. The fourth-order valence-corrected chi connectivity index (χ4v) is 2.82. The fourth-order valence-electron chi connectivity index (χ4n) is 2.82. The van der Waals surface area contributed by atoms with E-state index in [1.807, 2.05) is 4.90 Å². The van der Waals surface area contributed by atoms with Gasteiger partial charge in [0.05, 0.1) is 0 Å². The largest absolute Gasteiger partial charge is 0.342 e. The minimum Gasteiger partial charge on any atom is -0.342 e. The summed E-state index contributed by atoms with van der Waals surface area (Å²) in [4.78, 5) is 25.8. The lowest BCUT2D eigenvalue weighted by Gasteiger charge is -2.29. The molecule has 0 aromatic heterocycles. The van der Waals surface area contributed by atoms with E-state index in [0.29, 0.717) is 13.0 Å².